The second-order valence-electron chi connectivity index (χ2n) is 6.43. The first-order valence-corrected chi connectivity index (χ1v) is 11.0. The Morgan fingerprint density at radius 1 is 1.29 bits per heavy atom. The molecule has 134 valence electrons. The van der Waals surface area contributed by atoms with E-state index in [1.807, 2.05) is 6.92 Å². The number of hydrogen-bond donors (Lipinski definition) is 1. The molecule has 1 aromatic heterocycles. The summed E-state index contributed by atoms with van der Waals surface area (Å²) in [6.45, 7) is 6.16. The molecule has 1 aromatic rings. The van der Waals surface area contributed by atoms with Gasteiger partial charge in [0.15, 0.2) is 15.0 Å². The van der Waals surface area contributed by atoms with Crippen LogP contribution in [0.25, 0.3) is 0 Å². The summed E-state index contributed by atoms with van der Waals surface area (Å²) in [5.74, 6) is 0.0797. The number of piperazine rings is 1. The molecule has 0 radical (unpaired) electrons. The van der Waals surface area contributed by atoms with Crippen molar-refractivity contribution in [3.05, 3.63) is 10.6 Å². The highest BCUT2D eigenvalue weighted by Gasteiger charge is 2.48. The molecule has 2 atom stereocenters. The van der Waals surface area contributed by atoms with Gasteiger partial charge in [-0.2, -0.15) is 0 Å². The Hall–Kier alpha value is -1.19. The maximum atomic E-state index is 13.0. The molecule has 0 saturated carbocycles. The number of hydrogen-bond acceptors (Lipinski definition) is 7. The molecule has 0 bridgehead atoms. The van der Waals surface area contributed by atoms with Crippen LogP contribution in [-0.2, 0) is 16.3 Å². The number of carbonyl (C=O) groups is 1. The molecule has 0 aliphatic carbocycles. The molecular formula is C15H24N4O3S2. The van der Waals surface area contributed by atoms with Crippen molar-refractivity contribution in [1.82, 2.24) is 14.8 Å². The Labute approximate surface area is 146 Å². The van der Waals surface area contributed by atoms with Crippen LogP contribution < -0.4 is 5.73 Å². The van der Waals surface area contributed by atoms with Gasteiger partial charge < -0.3 is 10.6 Å². The van der Waals surface area contributed by atoms with E-state index in [2.05, 4.69) is 16.8 Å². The number of nitrogens with two attached hydrogens (primary N) is 1. The number of sulfone groups is 1. The van der Waals surface area contributed by atoms with Crippen LogP contribution in [0.1, 0.15) is 35.6 Å². The zero-order valence-corrected chi connectivity index (χ0v) is 15.7. The van der Waals surface area contributed by atoms with Gasteiger partial charge in [0.05, 0.1) is 23.2 Å². The average Bonchev–Trinajstić information content (AvgIpc) is 3.06. The summed E-state index contributed by atoms with van der Waals surface area (Å²) in [6, 6.07) is -0.362. The van der Waals surface area contributed by atoms with Crippen molar-refractivity contribution in [1.29, 1.82) is 0 Å². The van der Waals surface area contributed by atoms with Crippen LogP contribution in [0, 0.1) is 0 Å². The highest BCUT2D eigenvalue weighted by atomic mass is 32.2. The number of nitrogens with zero attached hydrogens (tertiary/aromatic N) is 3. The van der Waals surface area contributed by atoms with E-state index in [4.69, 9.17) is 5.73 Å². The fourth-order valence-corrected chi connectivity index (χ4v) is 6.64. The van der Waals surface area contributed by atoms with E-state index >= 15 is 0 Å². The fourth-order valence-electron chi connectivity index (χ4n) is 3.75. The second-order valence-corrected chi connectivity index (χ2v) is 9.61. The number of aromatic nitrogens is 1. The van der Waals surface area contributed by atoms with E-state index in [1.165, 1.54) is 11.3 Å². The third kappa shape index (κ3) is 3.16. The molecule has 2 aliphatic heterocycles. The number of rotatable bonds is 4. The minimum atomic E-state index is -3.11. The van der Waals surface area contributed by atoms with Gasteiger partial charge in [0.2, 0.25) is 0 Å². The number of fused-ring (bicyclic) bond motifs is 1. The standard InChI is InChI=1S/C15H24N4O3S2/c1-3-5-18-6-7-19(12-9-24(21,22)8-11(12)18)14(20)13-10(4-2)17-15(16)23-13/h11-12H,3-9H2,1-2H3,(H2,16,17)/t11-,12+/m0/s1. The van der Waals surface area contributed by atoms with Gasteiger partial charge >= 0.3 is 0 Å². The monoisotopic (exact) mass is 372 g/mol. The van der Waals surface area contributed by atoms with Crippen LogP contribution >= 0.6 is 11.3 Å². The van der Waals surface area contributed by atoms with Gasteiger partial charge in [0.25, 0.3) is 5.91 Å². The molecular weight excluding hydrogens is 348 g/mol. The topological polar surface area (TPSA) is 96.6 Å². The summed E-state index contributed by atoms with van der Waals surface area (Å²) in [6.07, 6.45) is 1.61. The van der Waals surface area contributed by atoms with Crippen LogP contribution in [0.5, 0.6) is 0 Å². The molecule has 9 heteroatoms. The molecule has 3 rings (SSSR count). The summed E-state index contributed by atoms with van der Waals surface area (Å²) in [4.78, 5) is 21.8. The van der Waals surface area contributed by atoms with Crippen molar-refractivity contribution >= 4 is 32.2 Å². The van der Waals surface area contributed by atoms with Gasteiger partial charge in [0, 0.05) is 19.1 Å². The lowest BCUT2D eigenvalue weighted by atomic mass is 10.0. The van der Waals surface area contributed by atoms with Gasteiger partial charge in [-0.25, -0.2) is 13.4 Å². The molecule has 2 N–H and O–H groups in total. The summed E-state index contributed by atoms with van der Waals surface area (Å²) >= 11 is 1.20. The first-order valence-electron chi connectivity index (χ1n) is 8.37. The third-order valence-electron chi connectivity index (χ3n) is 4.81. The normalized spacial score (nSPS) is 26.5. The maximum absolute atomic E-state index is 13.0. The quantitative estimate of drug-likeness (QED) is 0.832. The predicted molar refractivity (Wildman–Crippen MR) is 95.0 cm³/mol. The van der Waals surface area contributed by atoms with Crippen molar-refractivity contribution in [2.75, 3.05) is 36.9 Å². The van der Waals surface area contributed by atoms with E-state index < -0.39 is 9.84 Å². The predicted octanol–water partition coefficient (Wildman–Crippen LogP) is 0.621. The number of thiazole rings is 1. The van der Waals surface area contributed by atoms with E-state index in [9.17, 15) is 13.2 Å². The molecule has 2 saturated heterocycles. The SMILES string of the molecule is CCCN1CCN(C(=O)c2sc(N)nc2CC)[C@@H]2CS(=O)(=O)C[C@@H]21. The van der Waals surface area contributed by atoms with Crippen molar-refractivity contribution in [2.45, 2.75) is 38.8 Å². The Bertz CT molecular complexity index is 731. The van der Waals surface area contributed by atoms with E-state index in [0.717, 1.165) is 13.0 Å². The van der Waals surface area contributed by atoms with Gasteiger partial charge in [0.1, 0.15) is 4.88 Å². The first kappa shape index (κ1) is 17.6. The van der Waals surface area contributed by atoms with Crippen molar-refractivity contribution < 1.29 is 13.2 Å². The third-order valence-corrected chi connectivity index (χ3v) is 7.42. The summed E-state index contributed by atoms with van der Waals surface area (Å²) in [7, 11) is -3.11. The van der Waals surface area contributed by atoms with Gasteiger partial charge in [-0.15, -0.1) is 0 Å². The number of anilines is 1. The van der Waals surface area contributed by atoms with Gasteiger partial charge in [-0.05, 0) is 19.4 Å². The summed E-state index contributed by atoms with van der Waals surface area (Å²) < 4.78 is 24.4. The molecule has 0 spiro atoms. The maximum Gasteiger partial charge on any atom is 0.266 e. The van der Waals surface area contributed by atoms with Crippen LogP contribution in [0.2, 0.25) is 0 Å². The van der Waals surface area contributed by atoms with Crippen LogP contribution in [0.4, 0.5) is 5.13 Å². The second kappa shape index (κ2) is 6.61. The molecule has 2 fully saturated rings. The lowest BCUT2D eigenvalue weighted by Gasteiger charge is -2.43. The zero-order chi connectivity index (χ0) is 17.5. The van der Waals surface area contributed by atoms with E-state index in [-0.39, 0.29) is 29.5 Å². The summed E-state index contributed by atoms with van der Waals surface area (Å²) in [5, 5.41) is 0.385. The molecule has 0 unspecified atom stereocenters. The lowest BCUT2D eigenvalue weighted by Crippen LogP contribution is -2.60. The molecule has 24 heavy (non-hydrogen) atoms. The Kier molecular flexibility index (Phi) is 4.85. The molecule has 7 nitrogen and oxygen atoms in total. The molecule has 1 amide bonds. The van der Waals surface area contributed by atoms with Gasteiger partial charge in [-0.3, -0.25) is 9.69 Å². The number of amides is 1. The van der Waals surface area contributed by atoms with E-state index in [1.54, 1.807) is 4.90 Å². The smallest absolute Gasteiger partial charge is 0.266 e. The minimum Gasteiger partial charge on any atom is -0.375 e. The minimum absolute atomic E-state index is 0.0549. The molecule has 0 aromatic carbocycles. The highest BCUT2D eigenvalue weighted by Crippen LogP contribution is 2.30. The average molecular weight is 373 g/mol. The van der Waals surface area contributed by atoms with Crippen molar-refractivity contribution in [3.8, 4) is 0 Å². The summed E-state index contributed by atoms with van der Waals surface area (Å²) in [5.41, 5.74) is 6.47. The van der Waals surface area contributed by atoms with Crippen molar-refractivity contribution in [3.63, 3.8) is 0 Å². The molecule has 3 heterocycles. The van der Waals surface area contributed by atoms with Crippen molar-refractivity contribution in [2.24, 2.45) is 0 Å². The van der Waals surface area contributed by atoms with Gasteiger partial charge in [-0.1, -0.05) is 25.2 Å². The van der Waals surface area contributed by atoms with Crippen LogP contribution in [0.3, 0.4) is 0 Å². The van der Waals surface area contributed by atoms with Crippen LogP contribution in [0.15, 0.2) is 0 Å². The lowest BCUT2D eigenvalue weighted by molar-refractivity contribution is 0.0336. The highest BCUT2D eigenvalue weighted by molar-refractivity contribution is 7.91. The number of nitrogen functional groups attached to an aromatic ring is 1. The van der Waals surface area contributed by atoms with Crippen LogP contribution in [-0.4, -0.2) is 72.3 Å². The largest absolute Gasteiger partial charge is 0.375 e. The van der Waals surface area contributed by atoms with E-state index in [0.29, 0.717) is 35.2 Å². The Morgan fingerprint density at radius 2 is 2.00 bits per heavy atom. The zero-order valence-electron chi connectivity index (χ0n) is 14.1. The molecule has 2 aliphatic rings. The Balaban J connectivity index is 1.89. The number of aryl methyl sites for hydroxylation is 1. The number of carbonyl (C=O) groups excluding carboxylic acids is 1. The first-order chi connectivity index (χ1) is 11.4. The fraction of sp³-hybridized carbons (Fsp3) is 0.733. The Morgan fingerprint density at radius 3 is 2.67 bits per heavy atom.